The van der Waals surface area contributed by atoms with E-state index in [9.17, 15) is 0 Å². The van der Waals surface area contributed by atoms with Crippen LogP contribution < -0.4 is 18.9 Å². The topological polar surface area (TPSA) is 60.7 Å². The van der Waals surface area contributed by atoms with Crippen molar-refractivity contribution in [3.63, 3.8) is 0 Å². The lowest BCUT2D eigenvalue weighted by atomic mass is 10.1. The lowest BCUT2D eigenvalue weighted by Crippen LogP contribution is -1.99. The molecule has 0 spiro atoms. The second kappa shape index (κ2) is 7.93. The first-order valence-electron chi connectivity index (χ1n) is 7.23. The Morgan fingerprint density at radius 1 is 0.792 bits per heavy atom. The standard InChI is InChI=1S/C19H19NO4/c1-21-16-11-15(17(22-2)19(24-4)18(16)23-3)10-9-13-5-7-14(12-20)8-6-13/h5-11H,1-4H3. The third-order valence-corrected chi connectivity index (χ3v) is 3.51. The van der Waals surface area contributed by atoms with Crippen LogP contribution in [0.2, 0.25) is 0 Å². The molecule has 0 aromatic heterocycles. The number of ether oxygens (including phenoxy) is 4. The molecule has 0 atom stereocenters. The summed E-state index contributed by atoms with van der Waals surface area (Å²) in [4.78, 5) is 0. The normalized spacial score (nSPS) is 10.3. The monoisotopic (exact) mass is 325 g/mol. The molecule has 0 aliphatic heterocycles. The number of nitriles is 1. The lowest BCUT2D eigenvalue weighted by molar-refractivity contribution is 0.305. The number of methoxy groups -OCH3 is 4. The van der Waals surface area contributed by atoms with Gasteiger partial charge in [-0.1, -0.05) is 24.3 Å². The van der Waals surface area contributed by atoms with E-state index in [-0.39, 0.29) is 0 Å². The van der Waals surface area contributed by atoms with Gasteiger partial charge in [0.25, 0.3) is 0 Å². The zero-order valence-electron chi connectivity index (χ0n) is 14.1. The van der Waals surface area contributed by atoms with Crippen LogP contribution in [-0.4, -0.2) is 28.4 Å². The maximum Gasteiger partial charge on any atom is 0.207 e. The Kier molecular flexibility index (Phi) is 5.69. The SMILES string of the molecule is COc1cc(C=Cc2ccc(C#N)cc2)c(OC)c(OC)c1OC. The van der Waals surface area contributed by atoms with Crippen molar-refractivity contribution >= 4 is 12.2 Å². The largest absolute Gasteiger partial charge is 0.493 e. The van der Waals surface area contributed by atoms with Gasteiger partial charge in [0.05, 0.1) is 40.1 Å². The maximum absolute atomic E-state index is 8.85. The summed E-state index contributed by atoms with van der Waals surface area (Å²) in [5, 5.41) is 8.85. The van der Waals surface area contributed by atoms with Crippen LogP contribution in [-0.2, 0) is 0 Å². The summed E-state index contributed by atoms with van der Waals surface area (Å²) in [5.41, 5.74) is 2.37. The van der Waals surface area contributed by atoms with E-state index in [0.29, 0.717) is 28.6 Å². The van der Waals surface area contributed by atoms with Crippen LogP contribution in [0.4, 0.5) is 0 Å². The molecule has 0 fully saturated rings. The molecule has 0 radical (unpaired) electrons. The Morgan fingerprint density at radius 3 is 1.92 bits per heavy atom. The number of hydrogen-bond acceptors (Lipinski definition) is 5. The minimum absolute atomic E-state index is 0.471. The van der Waals surface area contributed by atoms with E-state index in [2.05, 4.69) is 6.07 Å². The van der Waals surface area contributed by atoms with Gasteiger partial charge in [0.2, 0.25) is 11.5 Å². The van der Waals surface area contributed by atoms with E-state index in [0.717, 1.165) is 11.1 Å². The van der Waals surface area contributed by atoms with Gasteiger partial charge in [-0.05, 0) is 23.8 Å². The molecular formula is C19H19NO4. The van der Waals surface area contributed by atoms with Gasteiger partial charge in [0.15, 0.2) is 11.5 Å². The number of rotatable bonds is 6. The molecule has 0 saturated heterocycles. The van der Waals surface area contributed by atoms with Gasteiger partial charge in [-0.15, -0.1) is 0 Å². The predicted molar refractivity (Wildman–Crippen MR) is 92.7 cm³/mol. The maximum atomic E-state index is 8.85. The van der Waals surface area contributed by atoms with Gasteiger partial charge < -0.3 is 18.9 Å². The molecule has 0 heterocycles. The molecule has 0 aliphatic rings. The fraction of sp³-hybridized carbons (Fsp3) is 0.211. The molecule has 0 saturated carbocycles. The summed E-state index contributed by atoms with van der Waals surface area (Å²) in [6.45, 7) is 0. The molecule has 0 aliphatic carbocycles. The van der Waals surface area contributed by atoms with Crippen LogP contribution in [0.15, 0.2) is 30.3 Å². The van der Waals surface area contributed by atoms with E-state index in [1.807, 2.05) is 30.4 Å². The summed E-state index contributed by atoms with van der Waals surface area (Å²) in [5.74, 6) is 2.06. The number of nitrogens with zero attached hydrogens (tertiary/aromatic N) is 1. The van der Waals surface area contributed by atoms with E-state index >= 15 is 0 Å². The summed E-state index contributed by atoms with van der Waals surface area (Å²) >= 11 is 0. The van der Waals surface area contributed by atoms with Gasteiger partial charge in [-0.25, -0.2) is 0 Å². The highest BCUT2D eigenvalue weighted by Crippen LogP contribution is 2.47. The summed E-state index contributed by atoms with van der Waals surface area (Å²) < 4.78 is 21.6. The van der Waals surface area contributed by atoms with Crippen LogP contribution in [0.3, 0.4) is 0 Å². The minimum Gasteiger partial charge on any atom is -0.493 e. The van der Waals surface area contributed by atoms with Crippen molar-refractivity contribution < 1.29 is 18.9 Å². The molecule has 124 valence electrons. The van der Waals surface area contributed by atoms with Crippen LogP contribution in [0.1, 0.15) is 16.7 Å². The third kappa shape index (κ3) is 3.44. The second-order valence-electron chi connectivity index (χ2n) is 4.83. The molecule has 24 heavy (non-hydrogen) atoms. The third-order valence-electron chi connectivity index (χ3n) is 3.51. The van der Waals surface area contributed by atoms with Gasteiger partial charge in [-0.3, -0.25) is 0 Å². The second-order valence-corrected chi connectivity index (χ2v) is 4.83. The first kappa shape index (κ1) is 17.2. The van der Waals surface area contributed by atoms with Crippen molar-refractivity contribution in [1.29, 1.82) is 5.26 Å². The average molecular weight is 325 g/mol. The van der Waals surface area contributed by atoms with E-state index in [4.69, 9.17) is 24.2 Å². The van der Waals surface area contributed by atoms with Gasteiger partial charge in [0.1, 0.15) is 0 Å². The molecule has 5 heteroatoms. The van der Waals surface area contributed by atoms with Crippen molar-refractivity contribution in [1.82, 2.24) is 0 Å². The van der Waals surface area contributed by atoms with Crippen LogP contribution >= 0.6 is 0 Å². The Morgan fingerprint density at radius 2 is 1.42 bits per heavy atom. The van der Waals surface area contributed by atoms with E-state index in [1.54, 1.807) is 40.6 Å². The molecule has 2 aromatic carbocycles. The lowest BCUT2D eigenvalue weighted by Gasteiger charge is -2.17. The highest BCUT2D eigenvalue weighted by atomic mass is 16.5. The minimum atomic E-state index is 0.471. The Balaban J connectivity index is 2.48. The smallest absolute Gasteiger partial charge is 0.207 e. The van der Waals surface area contributed by atoms with Crippen LogP contribution in [0.5, 0.6) is 23.0 Å². The summed E-state index contributed by atoms with van der Waals surface area (Å²) in [6, 6.07) is 11.2. The van der Waals surface area contributed by atoms with E-state index < -0.39 is 0 Å². The Hall–Kier alpha value is -3.13. The molecule has 5 nitrogen and oxygen atoms in total. The van der Waals surface area contributed by atoms with Crippen molar-refractivity contribution in [2.75, 3.05) is 28.4 Å². The van der Waals surface area contributed by atoms with Gasteiger partial charge in [-0.2, -0.15) is 5.26 Å². The predicted octanol–water partition coefficient (Wildman–Crippen LogP) is 3.76. The van der Waals surface area contributed by atoms with Crippen LogP contribution in [0.25, 0.3) is 12.2 Å². The molecule has 0 bridgehead atoms. The van der Waals surface area contributed by atoms with E-state index in [1.165, 1.54) is 0 Å². The van der Waals surface area contributed by atoms with Crippen molar-refractivity contribution in [2.45, 2.75) is 0 Å². The first-order chi connectivity index (χ1) is 11.7. The molecule has 2 aromatic rings. The van der Waals surface area contributed by atoms with Crippen LogP contribution in [0, 0.1) is 11.3 Å². The Labute approximate surface area is 141 Å². The summed E-state index contributed by atoms with van der Waals surface area (Å²) in [7, 11) is 6.24. The molecule has 0 N–H and O–H groups in total. The fourth-order valence-corrected chi connectivity index (χ4v) is 2.34. The van der Waals surface area contributed by atoms with Gasteiger partial charge in [0, 0.05) is 5.56 Å². The zero-order valence-corrected chi connectivity index (χ0v) is 14.1. The van der Waals surface area contributed by atoms with Crippen molar-refractivity contribution in [2.24, 2.45) is 0 Å². The number of benzene rings is 2. The molecular weight excluding hydrogens is 306 g/mol. The zero-order chi connectivity index (χ0) is 17.5. The Bertz CT molecular complexity index is 773. The fourth-order valence-electron chi connectivity index (χ4n) is 2.34. The molecule has 0 unspecified atom stereocenters. The first-order valence-corrected chi connectivity index (χ1v) is 7.23. The highest BCUT2D eigenvalue weighted by molar-refractivity contribution is 5.78. The highest BCUT2D eigenvalue weighted by Gasteiger charge is 2.20. The average Bonchev–Trinajstić information content (AvgIpc) is 2.64. The quantitative estimate of drug-likeness (QED) is 0.757. The molecule has 0 amide bonds. The molecule has 2 rings (SSSR count). The number of hydrogen-bond donors (Lipinski definition) is 0. The van der Waals surface area contributed by atoms with Gasteiger partial charge >= 0.3 is 0 Å². The van der Waals surface area contributed by atoms with Crippen molar-refractivity contribution in [3.05, 3.63) is 47.0 Å². The van der Waals surface area contributed by atoms with Crippen molar-refractivity contribution in [3.8, 4) is 29.1 Å². The summed E-state index contributed by atoms with van der Waals surface area (Å²) in [6.07, 6.45) is 3.81.